The molecule has 0 aromatic heterocycles. The van der Waals surface area contributed by atoms with Gasteiger partial charge in [-0.15, -0.1) is 0 Å². The Hall–Kier alpha value is -0.820. The molecule has 1 aromatic rings. The van der Waals surface area contributed by atoms with Gasteiger partial charge in [-0.25, -0.2) is 0 Å². The van der Waals surface area contributed by atoms with Crippen molar-refractivity contribution in [3.8, 4) is 0 Å². The molecule has 1 nitrogen and oxygen atoms in total. The fourth-order valence-electron chi connectivity index (χ4n) is 1.31. The van der Waals surface area contributed by atoms with E-state index < -0.39 is 0 Å². The van der Waals surface area contributed by atoms with E-state index in [2.05, 4.69) is 39.0 Å². The van der Waals surface area contributed by atoms with E-state index in [0.717, 1.165) is 0 Å². The van der Waals surface area contributed by atoms with Gasteiger partial charge in [0.05, 0.1) is 6.61 Å². The largest absolute Gasteiger partial charge is 0.384 e. The molecule has 0 spiro atoms. The third kappa shape index (κ3) is 2.56. The van der Waals surface area contributed by atoms with E-state index in [1.807, 2.05) is 0 Å². The van der Waals surface area contributed by atoms with Crippen LogP contribution in [0, 0.1) is 19.8 Å². The molecule has 0 saturated heterocycles. The zero-order valence-corrected chi connectivity index (χ0v) is 8.85. The Balaban J connectivity index is 2.84. The maximum Gasteiger partial charge on any atom is 0.0565 e. The summed E-state index contributed by atoms with van der Waals surface area (Å²) in [5.74, 6) is 1.28. The minimum absolute atomic E-state index is 0.711. The lowest BCUT2D eigenvalue weighted by molar-refractivity contribution is 0.214. The van der Waals surface area contributed by atoms with Gasteiger partial charge in [0.25, 0.3) is 0 Å². The van der Waals surface area contributed by atoms with Gasteiger partial charge in [0.2, 0.25) is 0 Å². The van der Waals surface area contributed by atoms with Crippen LogP contribution in [0.3, 0.4) is 0 Å². The Kier molecular flexibility index (Phi) is 3.49. The zero-order valence-electron chi connectivity index (χ0n) is 8.85. The Labute approximate surface area is 80.7 Å². The standard InChI is InChI=1S/C12H17O/c1-9-5-6-12(7-10(9)2)11(3)8-13-4/h5-7H,8H2,1-4H3. The number of hydrogen-bond acceptors (Lipinski definition) is 1. The second kappa shape index (κ2) is 4.43. The predicted molar refractivity (Wildman–Crippen MR) is 55.8 cm³/mol. The normalized spacial score (nSPS) is 10.8. The highest BCUT2D eigenvalue weighted by atomic mass is 16.5. The van der Waals surface area contributed by atoms with E-state index in [9.17, 15) is 0 Å². The first-order valence-corrected chi connectivity index (χ1v) is 4.54. The molecule has 1 aromatic carbocycles. The summed E-state index contributed by atoms with van der Waals surface area (Å²) in [7, 11) is 1.73. The van der Waals surface area contributed by atoms with E-state index >= 15 is 0 Å². The van der Waals surface area contributed by atoms with Crippen LogP contribution in [-0.2, 0) is 4.74 Å². The number of aryl methyl sites for hydroxylation is 2. The second-order valence-electron chi connectivity index (χ2n) is 3.51. The summed E-state index contributed by atoms with van der Waals surface area (Å²) in [5, 5.41) is 0. The molecule has 0 atom stereocenters. The molecule has 0 aliphatic heterocycles. The van der Waals surface area contributed by atoms with E-state index in [0.29, 0.717) is 6.61 Å². The average Bonchev–Trinajstić information content (AvgIpc) is 2.10. The van der Waals surface area contributed by atoms with Crippen LogP contribution in [0.4, 0.5) is 0 Å². The van der Waals surface area contributed by atoms with Gasteiger partial charge >= 0.3 is 0 Å². The van der Waals surface area contributed by atoms with Crippen molar-refractivity contribution in [2.75, 3.05) is 13.7 Å². The molecule has 13 heavy (non-hydrogen) atoms. The summed E-state index contributed by atoms with van der Waals surface area (Å²) in [6, 6.07) is 6.52. The van der Waals surface area contributed by atoms with Crippen molar-refractivity contribution in [2.24, 2.45) is 0 Å². The molecule has 0 unspecified atom stereocenters. The number of methoxy groups -OCH3 is 1. The Bertz CT molecular complexity index is 278. The predicted octanol–water partition coefficient (Wildman–Crippen LogP) is 2.89. The monoisotopic (exact) mass is 177 g/mol. The summed E-state index contributed by atoms with van der Waals surface area (Å²) < 4.78 is 5.09. The molecule has 1 radical (unpaired) electrons. The van der Waals surface area contributed by atoms with Crippen molar-refractivity contribution in [1.82, 2.24) is 0 Å². The molecule has 1 heteroatoms. The van der Waals surface area contributed by atoms with Crippen LogP contribution in [-0.4, -0.2) is 13.7 Å². The van der Waals surface area contributed by atoms with E-state index in [1.165, 1.54) is 22.6 Å². The van der Waals surface area contributed by atoms with Crippen molar-refractivity contribution in [3.63, 3.8) is 0 Å². The van der Waals surface area contributed by atoms with Crippen molar-refractivity contribution in [3.05, 3.63) is 40.8 Å². The summed E-state index contributed by atoms with van der Waals surface area (Å²) in [6.07, 6.45) is 0. The molecule has 0 amide bonds. The van der Waals surface area contributed by atoms with Gasteiger partial charge in [-0.05, 0) is 30.5 Å². The van der Waals surface area contributed by atoms with Crippen molar-refractivity contribution in [1.29, 1.82) is 0 Å². The zero-order chi connectivity index (χ0) is 9.84. The number of benzene rings is 1. The minimum atomic E-state index is 0.711. The molecule has 0 aliphatic carbocycles. The van der Waals surface area contributed by atoms with Crippen LogP contribution in [0.1, 0.15) is 23.6 Å². The lowest BCUT2D eigenvalue weighted by atomic mass is 9.98. The number of rotatable bonds is 3. The molecular formula is C12H17O. The molecule has 0 heterocycles. The summed E-state index contributed by atoms with van der Waals surface area (Å²) in [4.78, 5) is 0. The highest BCUT2D eigenvalue weighted by Crippen LogP contribution is 2.17. The van der Waals surface area contributed by atoms with Crippen LogP contribution in [0.5, 0.6) is 0 Å². The molecular weight excluding hydrogens is 160 g/mol. The number of ether oxygens (including phenoxy) is 1. The minimum Gasteiger partial charge on any atom is -0.384 e. The molecule has 0 saturated carbocycles. The van der Waals surface area contributed by atoms with Crippen LogP contribution in [0.2, 0.25) is 0 Å². The van der Waals surface area contributed by atoms with Crippen LogP contribution in [0.15, 0.2) is 18.2 Å². The van der Waals surface area contributed by atoms with Gasteiger partial charge in [-0.1, -0.05) is 25.1 Å². The lowest BCUT2D eigenvalue weighted by Gasteiger charge is -2.11. The number of hydrogen-bond donors (Lipinski definition) is 0. The molecule has 0 N–H and O–H groups in total. The van der Waals surface area contributed by atoms with Crippen LogP contribution < -0.4 is 0 Å². The van der Waals surface area contributed by atoms with Gasteiger partial charge in [0.15, 0.2) is 0 Å². The van der Waals surface area contributed by atoms with Gasteiger partial charge in [-0.3, -0.25) is 0 Å². The first-order chi connectivity index (χ1) is 6.15. The molecule has 0 fully saturated rings. The summed E-state index contributed by atoms with van der Waals surface area (Å²) in [6.45, 7) is 7.08. The highest BCUT2D eigenvalue weighted by Gasteiger charge is 2.05. The van der Waals surface area contributed by atoms with E-state index in [-0.39, 0.29) is 0 Å². The van der Waals surface area contributed by atoms with Gasteiger partial charge < -0.3 is 4.74 Å². The van der Waals surface area contributed by atoms with Crippen LogP contribution in [0.25, 0.3) is 0 Å². The maximum absolute atomic E-state index is 5.09. The van der Waals surface area contributed by atoms with E-state index in [4.69, 9.17) is 4.74 Å². The first-order valence-electron chi connectivity index (χ1n) is 4.54. The molecule has 1 rings (SSSR count). The smallest absolute Gasteiger partial charge is 0.0565 e. The molecule has 0 aliphatic rings. The lowest BCUT2D eigenvalue weighted by Crippen LogP contribution is -2.03. The third-order valence-corrected chi connectivity index (χ3v) is 2.36. The van der Waals surface area contributed by atoms with Crippen molar-refractivity contribution >= 4 is 0 Å². The molecule has 0 bridgehead atoms. The fourth-order valence-corrected chi connectivity index (χ4v) is 1.31. The Morgan fingerprint density at radius 3 is 2.46 bits per heavy atom. The van der Waals surface area contributed by atoms with Crippen molar-refractivity contribution in [2.45, 2.75) is 20.8 Å². The highest BCUT2D eigenvalue weighted by molar-refractivity contribution is 5.37. The van der Waals surface area contributed by atoms with Gasteiger partial charge in [0.1, 0.15) is 0 Å². The van der Waals surface area contributed by atoms with Gasteiger partial charge in [0, 0.05) is 13.0 Å². The maximum atomic E-state index is 5.09. The van der Waals surface area contributed by atoms with E-state index in [1.54, 1.807) is 7.11 Å². The fraction of sp³-hybridized carbons (Fsp3) is 0.417. The third-order valence-electron chi connectivity index (χ3n) is 2.36. The second-order valence-corrected chi connectivity index (χ2v) is 3.51. The topological polar surface area (TPSA) is 9.23 Å². The summed E-state index contributed by atoms with van der Waals surface area (Å²) in [5.41, 5.74) is 3.96. The Morgan fingerprint density at radius 1 is 1.23 bits per heavy atom. The summed E-state index contributed by atoms with van der Waals surface area (Å²) >= 11 is 0. The average molecular weight is 177 g/mol. The first kappa shape index (κ1) is 10.3. The Morgan fingerprint density at radius 2 is 1.92 bits per heavy atom. The quantitative estimate of drug-likeness (QED) is 0.689. The SMILES string of the molecule is COC[C](C)c1ccc(C)c(C)c1. The molecule has 71 valence electrons. The van der Waals surface area contributed by atoms with Gasteiger partial charge in [-0.2, -0.15) is 0 Å². The van der Waals surface area contributed by atoms with Crippen LogP contribution >= 0.6 is 0 Å². The van der Waals surface area contributed by atoms with Crippen molar-refractivity contribution < 1.29 is 4.74 Å².